The van der Waals surface area contributed by atoms with E-state index >= 15 is 0 Å². The van der Waals surface area contributed by atoms with Gasteiger partial charge in [0.15, 0.2) is 23.0 Å². The molecule has 5 atom stereocenters. The molecule has 0 bridgehead atoms. The van der Waals surface area contributed by atoms with Crippen LogP contribution in [0.1, 0.15) is 36.8 Å². The van der Waals surface area contributed by atoms with Crippen LogP contribution in [0.5, 0.6) is 23.0 Å². The minimum atomic E-state index is -1.62. The Bertz CT molecular complexity index is 1270. The minimum Gasteiger partial charge on any atom is -0.504 e. The molecule has 45 heavy (non-hydrogen) atoms. The fourth-order valence-electron chi connectivity index (χ4n) is 4.57. The molecular weight excluding hydrogens is 590 g/mol. The third-order valence-electron chi connectivity index (χ3n) is 7.22. The molecule has 2 aromatic carbocycles. The van der Waals surface area contributed by atoms with Crippen LogP contribution >= 0.6 is 0 Å². The van der Waals surface area contributed by atoms with Gasteiger partial charge in [0, 0.05) is 32.0 Å². The number of ether oxygens (including phenoxy) is 2. The van der Waals surface area contributed by atoms with Crippen molar-refractivity contribution in [1.82, 2.24) is 10.6 Å². The largest absolute Gasteiger partial charge is 0.504 e. The van der Waals surface area contributed by atoms with Gasteiger partial charge in [-0.3, -0.25) is 9.59 Å². The Morgan fingerprint density at radius 3 is 2.36 bits per heavy atom. The summed E-state index contributed by atoms with van der Waals surface area (Å²) in [6.45, 7) is 2.20. The lowest BCUT2D eigenvalue weighted by Gasteiger charge is -2.39. The van der Waals surface area contributed by atoms with Crippen LogP contribution in [0.25, 0.3) is 6.08 Å². The molecular formula is C31H44N3O11+. The van der Waals surface area contributed by atoms with E-state index in [1.807, 2.05) is 0 Å². The van der Waals surface area contributed by atoms with E-state index in [1.54, 1.807) is 12.1 Å². The molecule has 14 nitrogen and oxygen atoms in total. The van der Waals surface area contributed by atoms with Crippen molar-refractivity contribution < 1.29 is 60.1 Å². The molecule has 0 spiro atoms. The molecule has 0 saturated carbocycles. The summed E-state index contributed by atoms with van der Waals surface area (Å²) in [7, 11) is 0. The standard InChI is InChI=1S/C31H43N3O11/c35-18-25-28(41)29(42)30(43)31(45-25)44-24-9-5-20(17-23(24)38)7-11-27(40)34-15-3-13-32-12-1-2-14-33-26(39)10-6-19-4-8-21(36)22(37)16-19/h4-5,7-9,11,16-17,25,28-32,35-38,41-43H,1-3,6,10,12-15,18H2,(H,33,39)(H,34,40)/p+1/b11-7+/t25-,28-,29+,30-,31-/m1/s1. The van der Waals surface area contributed by atoms with E-state index in [-0.39, 0.29) is 34.8 Å². The molecule has 11 N–H and O–H groups in total. The van der Waals surface area contributed by atoms with Crippen molar-refractivity contribution in [2.45, 2.75) is 62.8 Å². The topological polar surface area (TPSA) is 235 Å². The second-order valence-corrected chi connectivity index (χ2v) is 10.8. The van der Waals surface area contributed by atoms with Crippen LogP contribution in [0.3, 0.4) is 0 Å². The maximum atomic E-state index is 12.1. The molecule has 0 radical (unpaired) electrons. The summed E-state index contributed by atoms with van der Waals surface area (Å²) >= 11 is 0. The average Bonchev–Trinajstić information content (AvgIpc) is 3.02. The number of aryl methyl sites for hydroxylation is 1. The highest BCUT2D eigenvalue weighted by Gasteiger charge is 2.44. The third kappa shape index (κ3) is 11.5. The molecule has 0 unspecified atom stereocenters. The van der Waals surface area contributed by atoms with Crippen molar-refractivity contribution in [2.75, 3.05) is 32.8 Å². The van der Waals surface area contributed by atoms with Gasteiger partial charge in [-0.25, -0.2) is 0 Å². The molecule has 14 heteroatoms. The predicted molar refractivity (Wildman–Crippen MR) is 161 cm³/mol. The van der Waals surface area contributed by atoms with E-state index < -0.39 is 37.3 Å². The number of hydrogen-bond donors (Lipinski definition) is 10. The summed E-state index contributed by atoms with van der Waals surface area (Å²) in [4.78, 5) is 24.1. The van der Waals surface area contributed by atoms with Crippen LogP contribution in [-0.2, 0) is 20.7 Å². The van der Waals surface area contributed by atoms with Crippen LogP contribution in [0.15, 0.2) is 42.5 Å². The number of amides is 2. The smallest absolute Gasteiger partial charge is 0.244 e. The summed E-state index contributed by atoms with van der Waals surface area (Å²) in [5, 5.41) is 76.1. The monoisotopic (exact) mass is 634 g/mol. The Morgan fingerprint density at radius 1 is 0.867 bits per heavy atom. The lowest BCUT2D eigenvalue weighted by Crippen LogP contribution is -2.84. The first-order chi connectivity index (χ1) is 21.6. The number of phenolic OH excluding ortho intramolecular Hbond substituents is 3. The van der Waals surface area contributed by atoms with Crippen molar-refractivity contribution >= 4 is 17.9 Å². The molecule has 3 rings (SSSR count). The van der Waals surface area contributed by atoms with E-state index in [1.165, 1.54) is 36.4 Å². The molecule has 1 heterocycles. The summed E-state index contributed by atoms with van der Waals surface area (Å²) in [6, 6.07) is 8.82. The van der Waals surface area contributed by atoms with Crippen molar-refractivity contribution in [2.24, 2.45) is 0 Å². The number of nitrogens with two attached hydrogens (primary N) is 1. The number of aromatic hydroxyl groups is 3. The number of carbonyl (C=O) groups excluding carboxylic acids is 2. The number of benzene rings is 2. The number of aliphatic hydroxyl groups is 4. The minimum absolute atomic E-state index is 0.0635. The first-order valence-electron chi connectivity index (χ1n) is 14.9. The number of rotatable bonds is 17. The van der Waals surface area contributed by atoms with Gasteiger partial charge in [0.1, 0.15) is 24.4 Å². The van der Waals surface area contributed by atoms with Gasteiger partial charge in [0.25, 0.3) is 0 Å². The molecule has 0 aromatic heterocycles. The van der Waals surface area contributed by atoms with Gasteiger partial charge in [-0.2, -0.15) is 0 Å². The zero-order chi connectivity index (χ0) is 32.8. The number of unbranched alkanes of at least 4 members (excludes halogenated alkanes) is 1. The zero-order valence-electron chi connectivity index (χ0n) is 24.9. The Labute approximate surface area is 260 Å². The summed E-state index contributed by atoms with van der Waals surface area (Å²) in [5.74, 6) is -1.11. The van der Waals surface area contributed by atoms with Gasteiger partial charge >= 0.3 is 0 Å². The lowest BCUT2D eigenvalue weighted by atomic mass is 9.99. The molecule has 1 aliphatic rings. The molecule has 248 valence electrons. The first kappa shape index (κ1) is 35.6. The molecule has 0 aliphatic carbocycles. The molecule has 2 aromatic rings. The number of aliphatic hydroxyl groups excluding tert-OH is 4. The van der Waals surface area contributed by atoms with Crippen molar-refractivity contribution in [3.8, 4) is 23.0 Å². The highest BCUT2D eigenvalue weighted by molar-refractivity contribution is 5.91. The molecule has 1 aliphatic heterocycles. The van der Waals surface area contributed by atoms with Crippen molar-refractivity contribution in [3.05, 3.63) is 53.6 Å². The molecule has 1 fully saturated rings. The van der Waals surface area contributed by atoms with Crippen molar-refractivity contribution in [1.29, 1.82) is 0 Å². The average molecular weight is 635 g/mol. The van der Waals surface area contributed by atoms with Crippen LogP contribution in [0, 0.1) is 0 Å². The second kappa shape index (κ2) is 18.1. The highest BCUT2D eigenvalue weighted by Crippen LogP contribution is 2.31. The number of quaternary nitrogens is 1. The zero-order valence-corrected chi connectivity index (χ0v) is 24.9. The molecule has 2 amide bonds. The fourth-order valence-corrected chi connectivity index (χ4v) is 4.57. The second-order valence-electron chi connectivity index (χ2n) is 10.8. The summed E-state index contributed by atoms with van der Waals surface area (Å²) in [5.41, 5.74) is 1.28. The van der Waals surface area contributed by atoms with E-state index in [0.717, 1.165) is 37.9 Å². The van der Waals surface area contributed by atoms with Gasteiger partial charge in [-0.05, 0) is 60.7 Å². The van der Waals surface area contributed by atoms with Crippen LogP contribution in [0.4, 0.5) is 0 Å². The number of nitrogens with one attached hydrogen (secondary N) is 2. The normalized spacial score (nSPS) is 21.5. The maximum Gasteiger partial charge on any atom is 0.244 e. The fraction of sp³-hybridized carbons (Fsp3) is 0.484. The predicted octanol–water partition coefficient (Wildman–Crippen LogP) is -1.41. The van der Waals surface area contributed by atoms with E-state index in [9.17, 15) is 45.3 Å². The van der Waals surface area contributed by atoms with Crippen molar-refractivity contribution in [3.63, 3.8) is 0 Å². The van der Waals surface area contributed by atoms with Gasteiger partial charge in [0.2, 0.25) is 18.1 Å². The highest BCUT2D eigenvalue weighted by atomic mass is 16.7. The van der Waals surface area contributed by atoms with Gasteiger partial charge in [0.05, 0.1) is 19.7 Å². The Balaban J connectivity index is 1.23. The van der Waals surface area contributed by atoms with Gasteiger partial charge in [-0.1, -0.05) is 12.1 Å². The van der Waals surface area contributed by atoms with Gasteiger partial charge < -0.3 is 61.2 Å². The Hall–Kier alpha value is -3.92. The quantitative estimate of drug-likeness (QED) is 0.0552. The summed E-state index contributed by atoms with van der Waals surface area (Å²) < 4.78 is 10.7. The Morgan fingerprint density at radius 2 is 1.62 bits per heavy atom. The molecule has 1 saturated heterocycles. The van der Waals surface area contributed by atoms with E-state index in [0.29, 0.717) is 31.5 Å². The van der Waals surface area contributed by atoms with Crippen LogP contribution in [-0.4, -0.2) is 111 Å². The van der Waals surface area contributed by atoms with E-state index in [4.69, 9.17) is 9.47 Å². The van der Waals surface area contributed by atoms with Gasteiger partial charge in [-0.15, -0.1) is 0 Å². The lowest BCUT2D eigenvalue weighted by molar-refractivity contribution is -0.655. The SMILES string of the molecule is O=C(/C=C/c1ccc(O[C@@H]2O[C@H](CO)[C@@H](O)[C@H](O)[C@H]2O)c(O)c1)NCCC[NH2+]CCCCNC(=O)CCc1ccc(O)c(O)c1. The number of phenols is 3. The summed E-state index contributed by atoms with van der Waals surface area (Å²) in [6.07, 6.45) is -1.16. The maximum absolute atomic E-state index is 12.1. The number of carbonyl (C=O) groups is 2. The third-order valence-corrected chi connectivity index (χ3v) is 7.22. The number of hydrogen-bond acceptors (Lipinski definition) is 11. The first-order valence-corrected chi connectivity index (χ1v) is 14.9. The van der Waals surface area contributed by atoms with E-state index in [2.05, 4.69) is 16.0 Å². The van der Waals surface area contributed by atoms with Crippen LogP contribution in [0.2, 0.25) is 0 Å². The van der Waals surface area contributed by atoms with Crippen LogP contribution < -0.4 is 20.7 Å². The Kier molecular flexibility index (Phi) is 14.3.